The number of carbonyl (C=O) groups is 2. The van der Waals surface area contributed by atoms with Gasteiger partial charge in [-0.2, -0.15) is 0 Å². The van der Waals surface area contributed by atoms with E-state index in [2.05, 4.69) is 5.32 Å². The number of nitrogens with zero attached hydrogens (tertiary/aromatic N) is 2. The molecule has 8 heteroatoms. The average Bonchev–Trinajstić information content (AvgIpc) is 2.92. The van der Waals surface area contributed by atoms with Crippen LogP contribution in [0.5, 0.6) is 0 Å². The Labute approximate surface area is 232 Å². The summed E-state index contributed by atoms with van der Waals surface area (Å²) in [6.07, 6.45) is 0.750. The van der Waals surface area contributed by atoms with Gasteiger partial charge >= 0.3 is 0 Å². The molecule has 0 spiro atoms. The van der Waals surface area contributed by atoms with Gasteiger partial charge in [0.2, 0.25) is 11.8 Å². The fourth-order valence-corrected chi connectivity index (χ4v) is 5.65. The Bertz CT molecular complexity index is 1390. The largest absolute Gasteiger partial charge is 0.352 e. The number of aryl methyl sites for hydroxylation is 3. The van der Waals surface area contributed by atoms with E-state index < -0.39 is 28.5 Å². The number of hydrogen-bond donors (Lipinski definition) is 1. The summed E-state index contributed by atoms with van der Waals surface area (Å²) in [5, 5.41) is 2.95. The molecule has 0 bridgehead atoms. The van der Waals surface area contributed by atoms with Gasteiger partial charge in [0.1, 0.15) is 12.6 Å². The second-order valence-electron chi connectivity index (χ2n) is 10.1. The third-order valence-electron chi connectivity index (χ3n) is 6.89. The first-order valence-corrected chi connectivity index (χ1v) is 14.7. The van der Waals surface area contributed by atoms with Crippen LogP contribution >= 0.6 is 0 Å². The molecule has 0 saturated carbocycles. The van der Waals surface area contributed by atoms with E-state index >= 15 is 0 Å². The van der Waals surface area contributed by atoms with Crippen LogP contribution in [0.4, 0.5) is 5.69 Å². The van der Waals surface area contributed by atoms with Crippen molar-refractivity contribution in [3.8, 4) is 0 Å². The van der Waals surface area contributed by atoms with Crippen LogP contribution in [0.15, 0.2) is 77.7 Å². The monoisotopic (exact) mass is 549 g/mol. The quantitative estimate of drug-likeness (QED) is 0.359. The predicted molar refractivity (Wildman–Crippen MR) is 156 cm³/mol. The molecule has 0 unspecified atom stereocenters. The van der Waals surface area contributed by atoms with Gasteiger partial charge in [-0.3, -0.25) is 13.9 Å². The Morgan fingerprint density at radius 2 is 1.49 bits per heavy atom. The lowest BCUT2D eigenvalue weighted by Crippen LogP contribution is -2.52. The zero-order chi connectivity index (χ0) is 28.7. The van der Waals surface area contributed by atoms with Crippen molar-refractivity contribution in [2.45, 2.75) is 71.5 Å². The lowest BCUT2D eigenvalue weighted by molar-refractivity contribution is -0.139. The number of hydrogen-bond acceptors (Lipinski definition) is 4. The molecule has 0 aromatic heterocycles. The molecular weight excluding hydrogens is 510 g/mol. The van der Waals surface area contributed by atoms with E-state index in [1.165, 1.54) is 17.0 Å². The lowest BCUT2D eigenvalue weighted by Gasteiger charge is -2.33. The molecule has 0 saturated heterocycles. The third kappa shape index (κ3) is 7.47. The smallest absolute Gasteiger partial charge is 0.264 e. The molecule has 7 nitrogen and oxygen atoms in total. The van der Waals surface area contributed by atoms with E-state index in [9.17, 15) is 18.0 Å². The second kappa shape index (κ2) is 12.9. The Kier molecular flexibility index (Phi) is 9.92. The standard InChI is InChI=1S/C31H39N3O4S/c1-7-25(5)32-31(36)26(6)33(20-27-17-14-22(2)15-18-27)30(35)21-34(29-19-23(3)13-16-24(29)4)39(37,38)28-11-9-8-10-12-28/h8-19,25-26H,7,20-21H2,1-6H3,(H,32,36)/t25-,26-/m1/s1. The van der Waals surface area contributed by atoms with Gasteiger partial charge < -0.3 is 10.2 Å². The van der Waals surface area contributed by atoms with Crippen molar-refractivity contribution < 1.29 is 18.0 Å². The van der Waals surface area contributed by atoms with E-state index in [1.807, 2.05) is 71.0 Å². The highest BCUT2D eigenvalue weighted by molar-refractivity contribution is 7.92. The SMILES string of the molecule is CC[C@@H](C)NC(=O)[C@@H](C)N(Cc1ccc(C)cc1)C(=O)CN(c1cc(C)ccc1C)S(=O)(=O)c1ccccc1. The van der Waals surface area contributed by atoms with E-state index in [0.717, 1.165) is 33.0 Å². The molecule has 0 radical (unpaired) electrons. The van der Waals surface area contributed by atoms with Crippen LogP contribution in [0.1, 0.15) is 49.4 Å². The maximum Gasteiger partial charge on any atom is 0.264 e. The summed E-state index contributed by atoms with van der Waals surface area (Å²) < 4.78 is 29.0. The third-order valence-corrected chi connectivity index (χ3v) is 8.66. The lowest BCUT2D eigenvalue weighted by atomic mass is 10.1. The fourth-order valence-electron chi connectivity index (χ4n) is 4.16. The minimum atomic E-state index is -4.08. The number of amides is 2. The summed E-state index contributed by atoms with van der Waals surface area (Å²) in [5.74, 6) is -0.753. The molecule has 2 atom stereocenters. The number of rotatable bonds is 11. The van der Waals surface area contributed by atoms with Crippen LogP contribution in [0.2, 0.25) is 0 Å². The van der Waals surface area contributed by atoms with Crippen molar-refractivity contribution in [3.05, 3.63) is 95.1 Å². The molecule has 0 fully saturated rings. The Morgan fingerprint density at radius 1 is 0.872 bits per heavy atom. The van der Waals surface area contributed by atoms with Crippen molar-refractivity contribution in [1.29, 1.82) is 0 Å². The van der Waals surface area contributed by atoms with Gasteiger partial charge in [0, 0.05) is 12.6 Å². The zero-order valence-corrected chi connectivity index (χ0v) is 24.5. The molecule has 208 valence electrons. The van der Waals surface area contributed by atoms with Crippen molar-refractivity contribution in [2.75, 3.05) is 10.8 Å². The van der Waals surface area contributed by atoms with Gasteiger partial charge in [-0.15, -0.1) is 0 Å². The predicted octanol–water partition coefficient (Wildman–Crippen LogP) is 5.14. The molecule has 0 aliphatic carbocycles. The molecule has 3 aromatic rings. The van der Waals surface area contributed by atoms with Crippen LogP contribution in [-0.2, 0) is 26.2 Å². The minimum absolute atomic E-state index is 0.0545. The van der Waals surface area contributed by atoms with Gasteiger partial charge in [-0.05, 0) is 75.9 Å². The van der Waals surface area contributed by atoms with Gasteiger partial charge in [-0.1, -0.05) is 67.1 Å². The normalized spacial score (nSPS) is 12.9. The average molecular weight is 550 g/mol. The van der Waals surface area contributed by atoms with Gasteiger partial charge in [0.15, 0.2) is 0 Å². The number of nitrogens with one attached hydrogen (secondary N) is 1. The summed E-state index contributed by atoms with van der Waals surface area (Å²) in [5.41, 5.74) is 3.95. The number of carbonyl (C=O) groups excluding carboxylic acids is 2. The topological polar surface area (TPSA) is 86.8 Å². The Morgan fingerprint density at radius 3 is 2.10 bits per heavy atom. The van der Waals surface area contributed by atoms with Crippen molar-refractivity contribution in [1.82, 2.24) is 10.2 Å². The molecule has 0 aliphatic heterocycles. The van der Waals surface area contributed by atoms with E-state index in [-0.39, 0.29) is 23.4 Å². The molecule has 0 heterocycles. The Hall–Kier alpha value is -3.65. The fraction of sp³-hybridized carbons (Fsp3) is 0.355. The van der Waals surface area contributed by atoms with Crippen molar-refractivity contribution in [2.24, 2.45) is 0 Å². The first kappa shape index (κ1) is 29.9. The number of sulfonamides is 1. The van der Waals surface area contributed by atoms with Gasteiger partial charge in [-0.25, -0.2) is 8.42 Å². The molecule has 0 aliphatic rings. The highest BCUT2D eigenvalue weighted by Crippen LogP contribution is 2.28. The summed E-state index contributed by atoms with van der Waals surface area (Å²) in [4.78, 5) is 28.7. The Balaban J connectivity index is 2.05. The number of benzene rings is 3. The van der Waals surface area contributed by atoms with Crippen LogP contribution in [0.3, 0.4) is 0 Å². The van der Waals surface area contributed by atoms with Crippen LogP contribution in [0.25, 0.3) is 0 Å². The number of anilines is 1. The second-order valence-corrected chi connectivity index (χ2v) is 12.0. The molecule has 3 aromatic carbocycles. The molecule has 2 amide bonds. The summed E-state index contributed by atoms with van der Waals surface area (Å²) >= 11 is 0. The highest BCUT2D eigenvalue weighted by atomic mass is 32.2. The molecular formula is C31H39N3O4S. The first-order chi connectivity index (χ1) is 18.4. The zero-order valence-electron chi connectivity index (χ0n) is 23.6. The highest BCUT2D eigenvalue weighted by Gasteiger charge is 2.33. The maximum absolute atomic E-state index is 14.0. The molecule has 3 rings (SSSR count). The van der Waals surface area contributed by atoms with E-state index in [1.54, 1.807) is 31.2 Å². The minimum Gasteiger partial charge on any atom is -0.352 e. The van der Waals surface area contributed by atoms with Crippen molar-refractivity contribution >= 4 is 27.5 Å². The van der Waals surface area contributed by atoms with Crippen LogP contribution in [-0.4, -0.2) is 43.8 Å². The summed E-state index contributed by atoms with van der Waals surface area (Å²) in [7, 11) is -4.08. The summed E-state index contributed by atoms with van der Waals surface area (Å²) in [6.45, 7) is 11.0. The molecule has 1 N–H and O–H groups in total. The first-order valence-electron chi connectivity index (χ1n) is 13.2. The van der Waals surface area contributed by atoms with E-state index in [0.29, 0.717) is 5.69 Å². The summed E-state index contributed by atoms with van der Waals surface area (Å²) in [6, 6.07) is 20.5. The van der Waals surface area contributed by atoms with Crippen molar-refractivity contribution in [3.63, 3.8) is 0 Å². The van der Waals surface area contributed by atoms with Crippen LogP contribution < -0.4 is 9.62 Å². The maximum atomic E-state index is 14.0. The van der Waals surface area contributed by atoms with Crippen LogP contribution in [0, 0.1) is 20.8 Å². The van der Waals surface area contributed by atoms with Gasteiger partial charge in [0.05, 0.1) is 10.6 Å². The van der Waals surface area contributed by atoms with Gasteiger partial charge in [0.25, 0.3) is 10.0 Å². The van der Waals surface area contributed by atoms with E-state index in [4.69, 9.17) is 0 Å². The molecule has 39 heavy (non-hydrogen) atoms.